The predicted molar refractivity (Wildman–Crippen MR) is 79.3 cm³/mol. The molecule has 0 aliphatic heterocycles. The van der Waals surface area contributed by atoms with Crippen molar-refractivity contribution < 1.29 is 13.9 Å². The lowest BCUT2D eigenvalue weighted by Gasteiger charge is -2.07. The average molecular weight is 296 g/mol. The Bertz CT molecular complexity index is 592. The maximum absolute atomic E-state index is 11.9. The Morgan fingerprint density at radius 1 is 1.40 bits per heavy atom. The Morgan fingerprint density at radius 3 is 2.95 bits per heavy atom. The summed E-state index contributed by atoms with van der Waals surface area (Å²) in [5.74, 6) is 0.0777. The smallest absolute Gasteiger partial charge is 0.287 e. The van der Waals surface area contributed by atoms with Gasteiger partial charge in [-0.2, -0.15) is 0 Å². The normalized spacial score (nSPS) is 11.2. The molecular weight excluding hydrogens is 278 g/mol. The molecule has 4 nitrogen and oxygen atoms in total. The molecule has 0 fully saturated rings. The van der Waals surface area contributed by atoms with Crippen LogP contribution in [0.5, 0.6) is 0 Å². The molecule has 0 saturated carbocycles. The van der Waals surface area contributed by atoms with Crippen molar-refractivity contribution in [2.75, 3.05) is 13.2 Å². The largest absolute Gasteiger partial charge is 0.451 e. The molecule has 20 heavy (non-hydrogen) atoms. The lowest BCUT2D eigenvalue weighted by Crippen LogP contribution is -2.25. The van der Waals surface area contributed by atoms with Crippen molar-refractivity contribution in [2.45, 2.75) is 26.4 Å². The average Bonchev–Trinajstić information content (AvgIpc) is 2.80. The Hall–Kier alpha value is -1.52. The first-order valence-corrected chi connectivity index (χ1v) is 7.03. The van der Waals surface area contributed by atoms with E-state index >= 15 is 0 Å². The van der Waals surface area contributed by atoms with E-state index in [1.54, 1.807) is 24.3 Å². The van der Waals surface area contributed by atoms with Crippen molar-refractivity contribution in [3.8, 4) is 0 Å². The van der Waals surface area contributed by atoms with Gasteiger partial charge in [-0.3, -0.25) is 4.79 Å². The van der Waals surface area contributed by atoms with Gasteiger partial charge in [0, 0.05) is 23.6 Å². The standard InChI is InChI=1S/C15H18ClNO3/c1-10(2)19-7-3-6-17-15(18)14-9-11-8-12(16)4-5-13(11)20-14/h4-5,8-10H,3,6-7H2,1-2H3,(H,17,18). The van der Waals surface area contributed by atoms with Gasteiger partial charge in [-0.15, -0.1) is 0 Å². The topological polar surface area (TPSA) is 51.5 Å². The van der Waals surface area contributed by atoms with Crippen LogP contribution >= 0.6 is 11.6 Å². The van der Waals surface area contributed by atoms with Gasteiger partial charge in [0.2, 0.25) is 0 Å². The van der Waals surface area contributed by atoms with Crippen LogP contribution in [0.4, 0.5) is 0 Å². The van der Waals surface area contributed by atoms with Crippen LogP contribution in [0.15, 0.2) is 28.7 Å². The van der Waals surface area contributed by atoms with E-state index in [9.17, 15) is 4.79 Å². The second kappa shape index (κ2) is 6.77. The fraction of sp³-hybridized carbons (Fsp3) is 0.400. The molecule has 1 aromatic carbocycles. The summed E-state index contributed by atoms with van der Waals surface area (Å²) < 4.78 is 10.9. The lowest BCUT2D eigenvalue weighted by atomic mass is 10.2. The molecule has 0 spiro atoms. The zero-order valence-corrected chi connectivity index (χ0v) is 12.4. The van der Waals surface area contributed by atoms with Gasteiger partial charge in [-0.25, -0.2) is 0 Å². The number of benzene rings is 1. The van der Waals surface area contributed by atoms with Crippen LogP contribution in [-0.2, 0) is 4.74 Å². The van der Waals surface area contributed by atoms with Crippen molar-refractivity contribution in [1.29, 1.82) is 0 Å². The maximum atomic E-state index is 11.9. The second-order valence-electron chi connectivity index (χ2n) is 4.82. The van der Waals surface area contributed by atoms with E-state index in [2.05, 4.69) is 5.32 Å². The van der Waals surface area contributed by atoms with E-state index in [1.165, 1.54) is 0 Å². The highest BCUT2D eigenvalue weighted by atomic mass is 35.5. The van der Waals surface area contributed by atoms with Crippen molar-refractivity contribution in [3.63, 3.8) is 0 Å². The van der Waals surface area contributed by atoms with Gasteiger partial charge in [0.1, 0.15) is 5.58 Å². The number of carbonyl (C=O) groups is 1. The third-order valence-electron chi connectivity index (χ3n) is 2.76. The number of nitrogens with one attached hydrogen (secondary N) is 1. The lowest BCUT2D eigenvalue weighted by molar-refractivity contribution is 0.0753. The Kier molecular flexibility index (Phi) is 5.04. The third-order valence-corrected chi connectivity index (χ3v) is 3.00. The van der Waals surface area contributed by atoms with Crippen molar-refractivity contribution in [1.82, 2.24) is 5.32 Å². The molecule has 108 valence electrons. The van der Waals surface area contributed by atoms with Gasteiger partial charge in [0.05, 0.1) is 6.10 Å². The highest BCUT2D eigenvalue weighted by molar-refractivity contribution is 6.31. The minimum atomic E-state index is -0.220. The zero-order valence-electron chi connectivity index (χ0n) is 11.6. The molecule has 1 N–H and O–H groups in total. The molecular formula is C15H18ClNO3. The highest BCUT2D eigenvalue weighted by Crippen LogP contribution is 2.22. The summed E-state index contributed by atoms with van der Waals surface area (Å²) in [4.78, 5) is 11.9. The minimum Gasteiger partial charge on any atom is -0.451 e. The number of amides is 1. The van der Waals surface area contributed by atoms with Gasteiger partial charge in [-0.05, 0) is 44.5 Å². The quantitative estimate of drug-likeness (QED) is 0.828. The predicted octanol–water partition coefficient (Wildman–Crippen LogP) is 3.63. The van der Waals surface area contributed by atoms with Gasteiger partial charge >= 0.3 is 0 Å². The molecule has 0 bridgehead atoms. The van der Waals surface area contributed by atoms with E-state index in [-0.39, 0.29) is 12.0 Å². The fourth-order valence-corrected chi connectivity index (χ4v) is 1.99. The van der Waals surface area contributed by atoms with E-state index < -0.39 is 0 Å². The molecule has 0 radical (unpaired) electrons. The number of hydrogen-bond donors (Lipinski definition) is 1. The fourth-order valence-electron chi connectivity index (χ4n) is 1.81. The molecule has 2 rings (SSSR count). The Balaban J connectivity index is 1.88. The van der Waals surface area contributed by atoms with Crippen molar-refractivity contribution in [3.05, 3.63) is 35.0 Å². The third kappa shape index (κ3) is 3.99. The van der Waals surface area contributed by atoms with Crippen molar-refractivity contribution in [2.24, 2.45) is 0 Å². The number of carbonyl (C=O) groups excluding carboxylic acids is 1. The number of fused-ring (bicyclic) bond motifs is 1. The summed E-state index contributed by atoms with van der Waals surface area (Å²) in [5, 5.41) is 4.25. The van der Waals surface area contributed by atoms with E-state index in [0.717, 1.165) is 11.8 Å². The molecule has 0 saturated heterocycles. The Labute approximate surface area is 123 Å². The molecule has 0 aliphatic rings. The zero-order chi connectivity index (χ0) is 14.5. The van der Waals surface area contributed by atoms with Crippen LogP contribution in [-0.4, -0.2) is 25.2 Å². The van der Waals surface area contributed by atoms with Crippen LogP contribution in [0, 0.1) is 0 Å². The van der Waals surface area contributed by atoms with Gasteiger partial charge in [0.25, 0.3) is 5.91 Å². The minimum absolute atomic E-state index is 0.214. The van der Waals surface area contributed by atoms with Gasteiger partial charge in [-0.1, -0.05) is 11.6 Å². The molecule has 5 heteroatoms. The molecule has 0 unspecified atom stereocenters. The van der Waals surface area contributed by atoms with Crippen LogP contribution in [0.25, 0.3) is 11.0 Å². The highest BCUT2D eigenvalue weighted by Gasteiger charge is 2.11. The van der Waals surface area contributed by atoms with Gasteiger partial charge in [0.15, 0.2) is 5.76 Å². The van der Waals surface area contributed by atoms with E-state index in [1.807, 2.05) is 13.8 Å². The Morgan fingerprint density at radius 2 is 2.20 bits per heavy atom. The summed E-state index contributed by atoms with van der Waals surface area (Å²) in [6.07, 6.45) is 0.988. The monoisotopic (exact) mass is 295 g/mol. The molecule has 2 aromatic rings. The molecule has 1 amide bonds. The molecule has 1 heterocycles. The van der Waals surface area contributed by atoms with Crippen LogP contribution in [0.3, 0.4) is 0 Å². The summed E-state index contributed by atoms with van der Waals surface area (Å²) in [5.41, 5.74) is 0.655. The van der Waals surface area contributed by atoms with Crippen LogP contribution < -0.4 is 5.32 Å². The summed E-state index contributed by atoms with van der Waals surface area (Å²) in [7, 11) is 0. The first kappa shape index (κ1) is 14.9. The summed E-state index contributed by atoms with van der Waals surface area (Å²) in [6, 6.07) is 6.96. The number of halogens is 1. The summed E-state index contributed by atoms with van der Waals surface area (Å²) in [6.45, 7) is 5.16. The number of furan rings is 1. The second-order valence-corrected chi connectivity index (χ2v) is 5.26. The molecule has 0 atom stereocenters. The van der Waals surface area contributed by atoms with Crippen molar-refractivity contribution >= 4 is 28.5 Å². The maximum Gasteiger partial charge on any atom is 0.287 e. The molecule has 1 aromatic heterocycles. The first-order chi connectivity index (χ1) is 9.56. The molecule has 0 aliphatic carbocycles. The number of ether oxygens (including phenoxy) is 1. The van der Waals surface area contributed by atoms with E-state index in [4.69, 9.17) is 20.8 Å². The van der Waals surface area contributed by atoms with E-state index in [0.29, 0.717) is 29.5 Å². The van der Waals surface area contributed by atoms with Gasteiger partial charge < -0.3 is 14.5 Å². The number of rotatable bonds is 6. The summed E-state index contributed by atoms with van der Waals surface area (Å²) >= 11 is 5.90. The van der Waals surface area contributed by atoms with Crippen LogP contribution in [0.2, 0.25) is 5.02 Å². The number of hydrogen-bond acceptors (Lipinski definition) is 3. The SMILES string of the molecule is CC(C)OCCCNC(=O)c1cc2cc(Cl)ccc2o1. The first-order valence-electron chi connectivity index (χ1n) is 6.65. The van der Waals surface area contributed by atoms with Crippen LogP contribution in [0.1, 0.15) is 30.8 Å².